The fourth-order valence-electron chi connectivity index (χ4n) is 1.13. The van der Waals surface area contributed by atoms with E-state index in [0.717, 1.165) is 6.42 Å². The van der Waals surface area contributed by atoms with Crippen LogP contribution in [-0.2, 0) is 6.54 Å². The number of rotatable bonds is 5. The quantitative estimate of drug-likeness (QED) is 0.581. The Balaban J connectivity index is 2.56. The zero-order valence-electron chi connectivity index (χ0n) is 10.5. The van der Waals surface area contributed by atoms with Crippen molar-refractivity contribution in [3.8, 4) is 5.88 Å². The molecule has 0 spiro atoms. The molecule has 17 heavy (non-hydrogen) atoms. The van der Waals surface area contributed by atoms with Crippen molar-refractivity contribution in [1.82, 2.24) is 15.3 Å². The molecule has 0 aliphatic rings. The number of ether oxygens (including phenoxy) is 1. The van der Waals surface area contributed by atoms with E-state index in [-0.39, 0.29) is 0 Å². The first-order chi connectivity index (χ1) is 8.15. The number of aromatic nitrogens is 2. The van der Waals surface area contributed by atoms with E-state index in [2.05, 4.69) is 27.2 Å². The van der Waals surface area contributed by atoms with Gasteiger partial charge in [-0.05, 0) is 13.3 Å². The average molecular weight is 237 g/mol. The zero-order chi connectivity index (χ0) is 12.7. The van der Waals surface area contributed by atoms with Crippen molar-refractivity contribution in [2.75, 3.05) is 7.11 Å². The lowest BCUT2D eigenvalue weighted by molar-refractivity contribution is 0.394. The van der Waals surface area contributed by atoms with Crippen molar-refractivity contribution >= 4 is 5.96 Å². The molecule has 0 saturated heterocycles. The maximum absolute atomic E-state index is 5.72. The molecule has 6 heteroatoms. The molecule has 0 saturated carbocycles. The molecule has 1 heterocycles. The second kappa shape index (κ2) is 6.67. The number of nitrogens with zero attached hydrogens (tertiary/aromatic N) is 3. The topological polar surface area (TPSA) is 85.4 Å². The van der Waals surface area contributed by atoms with Crippen molar-refractivity contribution in [2.24, 2.45) is 10.7 Å². The summed E-state index contributed by atoms with van der Waals surface area (Å²) in [5.74, 6) is 1.52. The van der Waals surface area contributed by atoms with E-state index < -0.39 is 0 Å². The van der Waals surface area contributed by atoms with Gasteiger partial charge in [0.25, 0.3) is 0 Å². The first-order valence-corrected chi connectivity index (χ1v) is 5.58. The standard InChI is InChI=1S/C11H19N5O/c1-4-8(2)15-11(12)14-7-9-13-6-5-10(16-9)17-3/h5-6,8H,4,7H2,1-3H3,(H3,12,14,15). The third-order valence-electron chi connectivity index (χ3n) is 2.29. The molecule has 3 N–H and O–H groups in total. The molecule has 0 bridgehead atoms. The first kappa shape index (κ1) is 13.2. The molecule has 1 atom stereocenters. The third kappa shape index (κ3) is 4.67. The van der Waals surface area contributed by atoms with Gasteiger partial charge in [-0.15, -0.1) is 0 Å². The molecule has 0 aromatic carbocycles. The summed E-state index contributed by atoms with van der Waals surface area (Å²) < 4.78 is 5.00. The van der Waals surface area contributed by atoms with Crippen LogP contribution in [0.2, 0.25) is 0 Å². The molecular formula is C11H19N5O. The molecule has 1 rings (SSSR count). The lowest BCUT2D eigenvalue weighted by atomic mass is 10.3. The number of guanidine groups is 1. The molecule has 1 unspecified atom stereocenters. The van der Waals surface area contributed by atoms with Gasteiger partial charge in [-0.25, -0.2) is 9.98 Å². The lowest BCUT2D eigenvalue weighted by Gasteiger charge is -2.11. The van der Waals surface area contributed by atoms with Gasteiger partial charge < -0.3 is 15.8 Å². The molecule has 0 radical (unpaired) electrons. The van der Waals surface area contributed by atoms with Crippen LogP contribution in [0.4, 0.5) is 0 Å². The predicted molar refractivity (Wildman–Crippen MR) is 66.8 cm³/mol. The van der Waals surface area contributed by atoms with E-state index in [0.29, 0.717) is 30.3 Å². The Hall–Kier alpha value is -1.85. The fourth-order valence-corrected chi connectivity index (χ4v) is 1.13. The zero-order valence-corrected chi connectivity index (χ0v) is 10.5. The summed E-state index contributed by atoms with van der Waals surface area (Å²) in [5.41, 5.74) is 5.72. The number of hydrogen-bond acceptors (Lipinski definition) is 4. The van der Waals surface area contributed by atoms with Crippen LogP contribution in [0.25, 0.3) is 0 Å². The summed E-state index contributed by atoms with van der Waals surface area (Å²) in [5, 5.41) is 3.07. The molecule has 1 aromatic heterocycles. The SMILES string of the molecule is CCC(C)NC(N)=NCc1nccc(OC)n1. The number of methoxy groups -OCH3 is 1. The maximum atomic E-state index is 5.72. The second-order valence-corrected chi connectivity index (χ2v) is 3.67. The van der Waals surface area contributed by atoms with Gasteiger partial charge in [0, 0.05) is 18.3 Å². The molecule has 0 amide bonds. The largest absolute Gasteiger partial charge is 0.481 e. The molecule has 6 nitrogen and oxygen atoms in total. The van der Waals surface area contributed by atoms with Gasteiger partial charge in [-0.3, -0.25) is 0 Å². The van der Waals surface area contributed by atoms with Crippen LogP contribution in [0.3, 0.4) is 0 Å². The average Bonchev–Trinajstić information content (AvgIpc) is 2.36. The summed E-state index contributed by atoms with van der Waals surface area (Å²) in [6.07, 6.45) is 2.63. The Morgan fingerprint density at radius 1 is 1.65 bits per heavy atom. The van der Waals surface area contributed by atoms with E-state index >= 15 is 0 Å². The van der Waals surface area contributed by atoms with Crippen LogP contribution in [0, 0.1) is 0 Å². The monoisotopic (exact) mass is 237 g/mol. The Labute approximate surface area is 101 Å². The Bertz CT molecular complexity index is 380. The Kier molecular flexibility index (Phi) is 5.19. The van der Waals surface area contributed by atoms with Gasteiger partial charge in [0.15, 0.2) is 11.8 Å². The van der Waals surface area contributed by atoms with Crippen LogP contribution >= 0.6 is 0 Å². The van der Waals surface area contributed by atoms with Crippen molar-refractivity contribution in [1.29, 1.82) is 0 Å². The summed E-state index contributed by atoms with van der Waals surface area (Å²) in [7, 11) is 1.56. The minimum atomic E-state index is 0.310. The van der Waals surface area contributed by atoms with E-state index in [1.165, 1.54) is 0 Å². The van der Waals surface area contributed by atoms with Crippen LogP contribution in [0.5, 0.6) is 5.88 Å². The van der Waals surface area contributed by atoms with E-state index in [4.69, 9.17) is 10.5 Å². The summed E-state index contributed by atoms with van der Waals surface area (Å²) in [6.45, 7) is 4.47. The third-order valence-corrected chi connectivity index (χ3v) is 2.29. The number of aliphatic imine (C=N–C) groups is 1. The minimum absolute atomic E-state index is 0.310. The summed E-state index contributed by atoms with van der Waals surface area (Å²) in [4.78, 5) is 12.4. The van der Waals surface area contributed by atoms with Gasteiger partial charge in [0.05, 0.1) is 7.11 Å². The van der Waals surface area contributed by atoms with Gasteiger partial charge in [0.1, 0.15) is 6.54 Å². The number of hydrogen-bond donors (Lipinski definition) is 2. The van der Waals surface area contributed by atoms with Gasteiger partial charge in [0.2, 0.25) is 5.88 Å². The van der Waals surface area contributed by atoms with Gasteiger partial charge >= 0.3 is 0 Å². The van der Waals surface area contributed by atoms with Crippen molar-refractivity contribution in [3.05, 3.63) is 18.1 Å². The van der Waals surface area contributed by atoms with Gasteiger partial charge in [-0.1, -0.05) is 6.92 Å². The van der Waals surface area contributed by atoms with Crippen molar-refractivity contribution < 1.29 is 4.74 Å². The van der Waals surface area contributed by atoms with Crippen molar-refractivity contribution in [2.45, 2.75) is 32.9 Å². The fraction of sp³-hybridized carbons (Fsp3) is 0.545. The van der Waals surface area contributed by atoms with E-state index in [9.17, 15) is 0 Å². The molecular weight excluding hydrogens is 218 g/mol. The number of nitrogens with one attached hydrogen (secondary N) is 1. The van der Waals surface area contributed by atoms with Gasteiger partial charge in [-0.2, -0.15) is 4.98 Å². The molecule has 0 aliphatic carbocycles. The molecule has 0 aliphatic heterocycles. The Morgan fingerprint density at radius 2 is 2.41 bits per heavy atom. The highest BCUT2D eigenvalue weighted by Gasteiger charge is 2.01. The molecule has 0 fully saturated rings. The first-order valence-electron chi connectivity index (χ1n) is 5.58. The molecule has 94 valence electrons. The van der Waals surface area contributed by atoms with Crippen LogP contribution in [-0.4, -0.2) is 29.1 Å². The minimum Gasteiger partial charge on any atom is -0.481 e. The highest BCUT2D eigenvalue weighted by atomic mass is 16.5. The van der Waals surface area contributed by atoms with Crippen LogP contribution < -0.4 is 15.8 Å². The van der Waals surface area contributed by atoms with Crippen LogP contribution in [0.15, 0.2) is 17.3 Å². The highest BCUT2D eigenvalue weighted by molar-refractivity contribution is 5.78. The van der Waals surface area contributed by atoms with E-state index in [1.54, 1.807) is 19.4 Å². The smallest absolute Gasteiger partial charge is 0.216 e. The lowest BCUT2D eigenvalue weighted by Crippen LogP contribution is -2.38. The summed E-state index contributed by atoms with van der Waals surface area (Å²) in [6, 6.07) is 2.00. The number of nitrogens with two attached hydrogens (primary N) is 1. The Morgan fingerprint density at radius 3 is 3.06 bits per heavy atom. The molecule has 1 aromatic rings. The highest BCUT2D eigenvalue weighted by Crippen LogP contribution is 2.04. The second-order valence-electron chi connectivity index (χ2n) is 3.67. The van der Waals surface area contributed by atoms with E-state index in [1.807, 2.05) is 6.92 Å². The van der Waals surface area contributed by atoms with Crippen molar-refractivity contribution in [3.63, 3.8) is 0 Å². The maximum Gasteiger partial charge on any atom is 0.216 e. The predicted octanol–water partition coefficient (Wildman–Crippen LogP) is 0.688. The summed E-state index contributed by atoms with van der Waals surface area (Å²) >= 11 is 0. The normalized spacial score (nSPS) is 13.2. The van der Waals surface area contributed by atoms with Crippen LogP contribution in [0.1, 0.15) is 26.1 Å².